The van der Waals surface area contributed by atoms with Crippen LogP contribution in [0.4, 0.5) is 4.39 Å². The molecule has 0 fully saturated rings. The summed E-state index contributed by atoms with van der Waals surface area (Å²) >= 11 is 0. The van der Waals surface area contributed by atoms with Crippen LogP contribution in [0.25, 0.3) is 11.3 Å². The van der Waals surface area contributed by atoms with Gasteiger partial charge in [0.25, 0.3) is 0 Å². The first-order valence-corrected chi connectivity index (χ1v) is 7.86. The minimum atomic E-state index is -0.213. The molecule has 0 spiro atoms. The summed E-state index contributed by atoms with van der Waals surface area (Å²) in [4.78, 5) is 0. The monoisotopic (exact) mass is 319 g/mol. The van der Waals surface area contributed by atoms with Gasteiger partial charge in [0, 0.05) is 18.3 Å². The standard InChI is InChI=1S/C20H18FN3/c1-14-19(11-8-15-6-9-18(21)10-7-15)24(2)23-20(14)17-5-3-4-16(12-17)13-22/h3-7,9-10,12H,8,11H2,1-2H3. The highest BCUT2D eigenvalue weighted by atomic mass is 19.1. The molecule has 0 atom stereocenters. The van der Waals surface area contributed by atoms with Crippen LogP contribution in [0.5, 0.6) is 0 Å². The molecule has 0 aliphatic carbocycles. The molecule has 0 aliphatic heterocycles. The molecule has 2 aromatic carbocycles. The number of aryl methyl sites for hydroxylation is 2. The quantitative estimate of drug-likeness (QED) is 0.723. The second kappa shape index (κ2) is 6.67. The highest BCUT2D eigenvalue weighted by molar-refractivity contribution is 5.65. The Hall–Kier alpha value is -2.93. The molecule has 24 heavy (non-hydrogen) atoms. The third kappa shape index (κ3) is 3.21. The minimum absolute atomic E-state index is 0.213. The normalized spacial score (nSPS) is 10.6. The zero-order valence-corrected chi connectivity index (χ0v) is 13.8. The van der Waals surface area contributed by atoms with E-state index in [2.05, 4.69) is 18.1 Å². The zero-order chi connectivity index (χ0) is 17.1. The number of benzene rings is 2. The Bertz CT molecular complexity index is 902. The fraction of sp³-hybridized carbons (Fsp3) is 0.200. The van der Waals surface area contributed by atoms with Crippen LogP contribution < -0.4 is 0 Å². The summed E-state index contributed by atoms with van der Waals surface area (Å²) in [5.41, 5.74) is 5.86. The summed E-state index contributed by atoms with van der Waals surface area (Å²) < 4.78 is 14.9. The lowest BCUT2D eigenvalue weighted by atomic mass is 10.0. The van der Waals surface area contributed by atoms with Gasteiger partial charge < -0.3 is 0 Å². The number of hydrogen-bond donors (Lipinski definition) is 0. The SMILES string of the molecule is Cc1c(-c2cccc(C#N)c2)nn(C)c1CCc1ccc(F)cc1. The highest BCUT2D eigenvalue weighted by Gasteiger charge is 2.14. The van der Waals surface area contributed by atoms with Gasteiger partial charge in [-0.25, -0.2) is 4.39 Å². The zero-order valence-electron chi connectivity index (χ0n) is 13.8. The van der Waals surface area contributed by atoms with Crippen molar-refractivity contribution in [2.45, 2.75) is 19.8 Å². The first-order valence-electron chi connectivity index (χ1n) is 7.86. The van der Waals surface area contributed by atoms with Crippen molar-refractivity contribution < 1.29 is 4.39 Å². The molecule has 0 N–H and O–H groups in total. The van der Waals surface area contributed by atoms with Crippen LogP contribution in [-0.4, -0.2) is 9.78 Å². The summed E-state index contributed by atoms with van der Waals surface area (Å²) in [5.74, 6) is -0.213. The molecule has 0 radical (unpaired) electrons. The van der Waals surface area contributed by atoms with Crippen molar-refractivity contribution >= 4 is 0 Å². The highest BCUT2D eigenvalue weighted by Crippen LogP contribution is 2.26. The smallest absolute Gasteiger partial charge is 0.123 e. The van der Waals surface area contributed by atoms with Gasteiger partial charge in [-0.3, -0.25) is 4.68 Å². The van der Waals surface area contributed by atoms with E-state index in [1.165, 1.54) is 12.1 Å². The van der Waals surface area contributed by atoms with Gasteiger partial charge in [-0.05, 0) is 55.2 Å². The summed E-state index contributed by atoms with van der Waals surface area (Å²) in [6.45, 7) is 2.06. The van der Waals surface area contributed by atoms with Gasteiger partial charge in [-0.15, -0.1) is 0 Å². The lowest BCUT2D eigenvalue weighted by Crippen LogP contribution is -2.01. The summed E-state index contributed by atoms with van der Waals surface area (Å²) in [6.07, 6.45) is 1.66. The van der Waals surface area contributed by atoms with E-state index in [9.17, 15) is 4.39 Å². The Labute approximate surface area is 141 Å². The molecule has 0 saturated heterocycles. The topological polar surface area (TPSA) is 41.6 Å². The van der Waals surface area contributed by atoms with Crippen molar-refractivity contribution in [1.29, 1.82) is 5.26 Å². The maximum atomic E-state index is 13.0. The van der Waals surface area contributed by atoms with Gasteiger partial charge in [0.1, 0.15) is 5.82 Å². The predicted molar refractivity (Wildman–Crippen MR) is 91.9 cm³/mol. The van der Waals surface area contributed by atoms with Crippen LogP contribution in [0.15, 0.2) is 48.5 Å². The van der Waals surface area contributed by atoms with Crippen molar-refractivity contribution in [1.82, 2.24) is 9.78 Å². The molecule has 4 heteroatoms. The molecular weight excluding hydrogens is 301 g/mol. The molecule has 0 aliphatic rings. The number of nitriles is 1. The Kier molecular flexibility index (Phi) is 4.43. The van der Waals surface area contributed by atoms with E-state index in [0.29, 0.717) is 5.56 Å². The van der Waals surface area contributed by atoms with E-state index in [1.807, 2.05) is 42.1 Å². The molecule has 3 aromatic rings. The average Bonchev–Trinajstić information content (AvgIpc) is 2.89. The maximum Gasteiger partial charge on any atom is 0.123 e. The molecule has 0 unspecified atom stereocenters. The second-order valence-electron chi connectivity index (χ2n) is 5.86. The number of rotatable bonds is 4. The minimum Gasteiger partial charge on any atom is -0.272 e. The van der Waals surface area contributed by atoms with Crippen LogP contribution in [0.1, 0.15) is 22.4 Å². The Morgan fingerprint density at radius 2 is 1.88 bits per heavy atom. The molecular formula is C20H18FN3. The lowest BCUT2D eigenvalue weighted by Gasteiger charge is -2.04. The molecule has 3 rings (SSSR count). The van der Waals surface area contributed by atoms with Crippen LogP contribution in [0.3, 0.4) is 0 Å². The van der Waals surface area contributed by atoms with Crippen LogP contribution >= 0.6 is 0 Å². The number of aromatic nitrogens is 2. The Morgan fingerprint density at radius 3 is 2.58 bits per heavy atom. The molecule has 1 aromatic heterocycles. The van der Waals surface area contributed by atoms with Gasteiger partial charge in [-0.1, -0.05) is 24.3 Å². The third-order valence-corrected chi connectivity index (χ3v) is 4.26. The van der Waals surface area contributed by atoms with Crippen molar-refractivity contribution in [2.24, 2.45) is 7.05 Å². The Balaban J connectivity index is 1.86. The van der Waals surface area contributed by atoms with E-state index in [-0.39, 0.29) is 5.82 Å². The van der Waals surface area contributed by atoms with E-state index in [0.717, 1.165) is 40.9 Å². The van der Waals surface area contributed by atoms with Gasteiger partial charge in [-0.2, -0.15) is 10.4 Å². The summed E-state index contributed by atoms with van der Waals surface area (Å²) in [7, 11) is 1.94. The fourth-order valence-electron chi connectivity index (χ4n) is 2.94. The van der Waals surface area contributed by atoms with E-state index in [4.69, 9.17) is 5.26 Å². The van der Waals surface area contributed by atoms with Crippen LogP contribution in [-0.2, 0) is 19.9 Å². The van der Waals surface area contributed by atoms with Crippen LogP contribution in [0, 0.1) is 24.1 Å². The lowest BCUT2D eigenvalue weighted by molar-refractivity contribution is 0.626. The van der Waals surface area contributed by atoms with Crippen molar-refractivity contribution in [3.63, 3.8) is 0 Å². The first kappa shape index (κ1) is 15.9. The number of halogens is 1. The molecule has 3 nitrogen and oxygen atoms in total. The first-order chi connectivity index (χ1) is 11.6. The second-order valence-corrected chi connectivity index (χ2v) is 5.86. The van der Waals surface area contributed by atoms with Gasteiger partial charge in [0.2, 0.25) is 0 Å². The molecule has 0 saturated carbocycles. The summed E-state index contributed by atoms with van der Waals surface area (Å²) in [5, 5.41) is 13.7. The maximum absolute atomic E-state index is 13.0. The third-order valence-electron chi connectivity index (χ3n) is 4.26. The predicted octanol–water partition coefficient (Wildman–Crippen LogP) is 4.19. The van der Waals surface area contributed by atoms with Crippen molar-refractivity contribution in [2.75, 3.05) is 0 Å². The largest absolute Gasteiger partial charge is 0.272 e. The van der Waals surface area contributed by atoms with Crippen LogP contribution in [0.2, 0.25) is 0 Å². The van der Waals surface area contributed by atoms with Gasteiger partial charge in [0.05, 0.1) is 17.3 Å². The van der Waals surface area contributed by atoms with Gasteiger partial charge in [0.15, 0.2) is 0 Å². The van der Waals surface area contributed by atoms with Crippen molar-refractivity contribution in [3.8, 4) is 17.3 Å². The summed E-state index contributed by atoms with van der Waals surface area (Å²) in [6, 6.07) is 16.3. The Morgan fingerprint density at radius 1 is 1.12 bits per heavy atom. The van der Waals surface area contributed by atoms with E-state index >= 15 is 0 Å². The average molecular weight is 319 g/mol. The molecule has 1 heterocycles. The van der Waals surface area contributed by atoms with E-state index in [1.54, 1.807) is 6.07 Å². The van der Waals surface area contributed by atoms with Crippen molar-refractivity contribution in [3.05, 3.63) is 76.7 Å². The molecule has 0 bridgehead atoms. The number of hydrogen-bond acceptors (Lipinski definition) is 2. The van der Waals surface area contributed by atoms with Gasteiger partial charge >= 0.3 is 0 Å². The fourth-order valence-corrected chi connectivity index (χ4v) is 2.94. The molecule has 120 valence electrons. The number of nitrogens with zero attached hydrogens (tertiary/aromatic N) is 3. The van der Waals surface area contributed by atoms with E-state index < -0.39 is 0 Å². The molecule has 0 amide bonds.